The standard InChI is InChI=1S/C13H24P.CH3.Fe.4Y/c1-11-7-6-8-12(11)13(14-2)9-4-3-5-10-13;;;;;;/h9,11-12,14H,3-8,10H2,1-2H3;1H3;;;;;/q2*-1;+2;;;;/p+1. The van der Waals surface area contributed by atoms with Crippen molar-refractivity contribution in [3.05, 3.63) is 13.8 Å². The van der Waals surface area contributed by atoms with Gasteiger partial charge in [-0.25, -0.2) is 0 Å². The van der Waals surface area contributed by atoms with E-state index in [9.17, 15) is 0 Å². The van der Waals surface area contributed by atoms with Gasteiger partial charge >= 0.3 is 17.1 Å². The van der Waals surface area contributed by atoms with E-state index in [4.69, 9.17) is 0 Å². The Hall–Kier alpha value is 5.37. The molecule has 4 unspecified atom stereocenters. The molecule has 6 heteroatoms. The quantitative estimate of drug-likeness (QED) is 0.239. The number of rotatable bonds is 2. The average Bonchev–Trinajstić information content (AvgIpc) is 2.66. The summed E-state index contributed by atoms with van der Waals surface area (Å²) in [5.74, 6) is 2.07. The molecule has 2 saturated carbocycles. The Morgan fingerprint density at radius 3 is 1.95 bits per heavy atom. The summed E-state index contributed by atoms with van der Waals surface area (Å²) in [6, 6.07) is 0. The Bertz CT molecular complexity index is 202. The molecule has 2 aliphatic carbocycles. The third kappa shape index (κ3) is 9.90. The van der Waals surface area contributed by atoms with Gasteiger partial charge in [0.25, 0.3) is 0 Å². The zero-order chi connectivity index (χ0) is 10.0. The maximum atomic E-state index is 2.73. The number of hydrogen-bond donors (Lipinski definition) is 0. The van der Waals surface area contributed by atoms with Crippen LogP contribution in [-0.4, -0.2) is 11.8 Å². The summed E-state index contributed by atoms with van der Waals surface area (Å²) >= 11 is 0. The zero-order valence-corrected chi connectivity index (χ0v) is 27.0. The molecule has 108 valence electrons. The first kappa shape index (κ1) is 36.3. The van der Waals surface area contributed by atoms with E-state index < -0.39 is 0 Å². The third-order valence-electron chi connectivity index (χ3n) is 4.68. The molecule has 2 aliphatic rings. The summed E-state index contributed by atoms with van der Waals surface area (Å²) in [4.78, 5) is 0. The molecule has 0 aromatic carbocycles. The van der Waals surface area contributed by atoms with Gasteiger partial charge in [0.15, 0.2) is 0 Å². The second kappa shape index (κ2) is 19.1. The minimum absolute atomic E-state index is 0. The Morgan fingerprint density at radius 1 is 1.00 bits per heavy atom. The summed E-state index contributed by atoms with van der Waals surface area (Å²) in [5, 5.41) is 0.730. The molecular weight excluding hydrogens is 611 g/mol. The molecule has 0 aromatic heterocycles. The number of hydrogen-bond acceptors (Lipinski definition) is 0. The SMILES string of the molecule is C[PH2+]C1(C2CCCC2C)[CH-]CCCC1.[CH3-].[Fe+2].[Y].[Y].[Y].[Y]. The molecule has 0 bridgehead atoms. The second-order valence-electron chi connectivity index (χ2n) is 5.37. The van der Waals surface area contributed by atoms with Crippen molar-refractivity contribution in [2.75, 3.05) is 6.66 Å². The van der Waals surface area contributed by atoms with Gasteiger partial charge in [0.2, 0.25) is 0 Å². The molecule has 20 heavy (non-hydrogen) atoms. The van der Waals surface area contributed by atoms with Gasteiger partial charge in [-0.1, -0.05) is 32.6 Å². The van der Waals surface area contributed by atoms with Crippen LogP contribution in [0.5, 0.6) is 0 Å². The van der Waals surface area contributed by atoms with Crippen LogP contribution in [0.15, 0.2) is 0 Å². The minimum Gasteiger partial charge on any atom is -0.358 e. The molecule has 2 rings (SSSR count). The molecule has 4 atom stereocenters. The fraction of sp³-hybridized carbons (Fsp3) is 0.857. The van der Waals surface area contributed by atoms with Crippen LogP contribution in [-0.2, 0) is 148 Å². The Labute approximate surface area is 241 Å². The van der Waals surface area contributed by atoms with Crippen molar-refractivity contribution < 1.29 is 148 Å². The largest absolute Gasteiger partial charge is 2.00 e. The van der Waals surface area contributed by atoms with Crippen LogP contribution in [0.2, 0.25) is 0 Å². The normalized spacial score (nSPS) is 31.5. The topological polar surface area (TPSA) is 0 Å². The first-order valence-corrected chi connectivity index (χ1v) is 8.16. The van der Waals surface area contributed by atoms with Crippen LogP contribution >= 0.6 is 8.58 Å². The smallest absolute Gasteiger partial charge is 0.358 e. The first-order valence-electron chi connectivity index (χ1n) is 6.43. The summed E-state index contributed by atoms with van der Waals surface area (Å²) < 4.78 is 0. The van der Waals surface area contributed by atoms with E-state index in [1.165, 1.54) is 44.9 Å². The molecule has 0 heterocycles. The van der Waals surface area contributed by atoms with E-state index in [1.807, 2.05) is 0 Å². The molecule has 4 radical (unpaired) electrons. The molecule has 0 spiro atoms. The van der Waals surface area contributed by atoms with Crippen molar-refractivity contribution in [3.63, 3.8) is 0 Å². The monoisotopic (exact) mass is 639 g/mol. The van der Waals surface area contributed by atoms with E-state index in [1.54, 1.807) is 0 Å². The predicted molar refractivity (Wildman–Crippen MR) is 74.1 cm³/mol. The van der Waals surface area contributed by atoms with Gasteiger partial charge in [-0.05, 0) is 38.4 Å². The van der Waals surface area contributed by atoms with E-state index >= 15 is 0 Å². The van der Waals surface area contributed by atoms with Gasteiger partial charge in [0, 0.05) is 138 Å². The van der Waals surface area contributed by atoms with Crippen LogP contribution in [0.25, 0.3) is 0 Å². The molecule has 0 aromatic rings. The van der Waals surface area contributed by atoms with E-state index in [0.717, 1.165) is 17.0 Å². The van der Waals surface area contributed by atoms with Crippen molar-refractivity contribution in [2.45, 2.75) is 57.0 Å². The maximum Gasteiger partial charge on any atom is 2.00 e. The fourth-order valence-corrected chi connectivity index (χ4v) is 5.62. The van der Waals surface area contributed by atoms with Crippen molar-refractivity contribution in [3.8, 4) is 0 Å². The molecule has 2 fully saturated rings. The van der Waals surface area contributed by atoms with Crippen LogP contribution < -0.4 is 0 Å². The predicted octanol–water partition coefficient (Wildman–Crippen LogP) is 4.42. The van der Waals surface area contributed by atoms with Crippen molar-refractivity contribution in [1.29, 1.82) is 0 Å². The molecule has 0 saturated heterocycles. The average molecular weight is 639 g/mol. The van der Waals surface area contributed by atoms with E-state index in [-0.39, 0.29) is 155 Å². The van der Waals surface area contributed by atoms with Crippen LogP contribution in [0.1, 0.15) is 51.9 Å². The van der Waals surface area contributed by atoms with Crippen molar-refractivity contribution in [1.82, 2.24) is 0 Å². The van der Waals surface area contributed by atoms with Gasteiger partial charge in [-0.3, -0.25) is 6.42 Å². The van der Waals surface area contributed by atoms with Crippen LogP contribution in [0, 0.1) is 25.7 Å². The maximum absolute atomic E-state index is 2.73. The third-order valence-corrected chi connectivity index (χ3v) is 6.71. The molecule has 0 amide bonds. The van der Waals surface area contributed by atoms with E-state index in [2.05, 4.69) is 20.0 Å². The minimum atomic E-state index is 0. The fourth-order valence-electron chi connectivity index (χ4n) is 3.81. The van der Waals surface area contributed by atoms with E-state index in [0.29, 0.717) is 8.58 Å². The second-order valence-corrected chi connectivity index (χ2v) is 7.02. The van der Waals surface area contributed by atoms with Gasteiger partial charge in [-0.15, -0.1) is 0 Å². The summed E-state index contributed by atoms with van der Waals surface area (Å²) in [5.41, 5.74) is 0. The Balaban J connectivity index is -0.000000125. The Morgan fingerprint density at radius 2 is 1.60 bits per heavy atom. The molecule has 0 aliphatic heterocycles. The summed E-state index contributed by atoms with van der Waals surface area (Å²) in [6.07, 6.45) is 13.2. The van der Waals surface area contributed by atoms with Gasteiger partial charge in [-0.2, -0.15) is 6.42 Å². The van der Waals surface area contributed by atoms with Crippen molar-refractivity contribution >= 4 is 8.58 Å². The van der Waals surface area contributed by atoms with Crippen LogP contribution in [0.4, 0.5) is 0 Å². The van der Waals surface area contributed by atoms with Gasteiger partial charge in [0.05, 0.1) is 0 Å². The van der Waals surface area contributed by atoms with Gasteiger partial charge < -0.3 is 7.43 Å². The molecule has 0 N–H and O–H groups in total. The van der Waals surface area contributed by atoms with Gasteiger partial charge in [0.1, 0.15) is 0 Å². The summed E-state index contributed by atoms with van der Waals surface area (Å²) in [7, 11) is 0.643. The zero-order valence-electron chi connectivity index (χ0n) is 13.4. The first-order chi connectivity index (χ1) is 6.78. The summed E-state index contributed by atoms with van der Waals surface area (Å²) in [6.45, 7) is 4.99. The van der Waals surface area contributed by atoms with Crippen molar-refractivity contribution in [2.24, 2.45) is 11.8 Å². The molecule has 0 nitrogen and oxygen atoms in total. The molecular formula is C14H28FePY4+. The Kier molecular flexibility index (Phi) is 34.7. The van der Waals surface area contributed by atoms with Crippen LogP contribution in [0.3, 0.4) is 0 Å².